The van der Waals surface area contributed by atoms with E-state index in [1.807, 2.05) is 38.1 Å². The molecule has 0 bridgehead atoms. The molecule has 4 nitrogen and oxygen atoms in total. The fourth-order valence-corrected chi connectivity index (χ4v) is 2.89. The second-order valence-corrected chi connectivity index (χ2v) is 5.99. The zero-order valence-corrected chi connectivity index (χ0v) is 15.6. The molecule has 0 saturated heterocycles. The summed E-state index contributed by atoms with van der Waals surface area (Å²) in [6, 6.07) is 13.7. The van der Waals surface area contributed by atoms with Gasteiger partial charge in [0.05, 0.1) is 12.6 Å². The molecule has 2 aromatic carbocycles. The minimum atomic E-state index is -2.91. The fourth-order valence-electron chi connectivity index (χ4n) is 2.89. The molecule has 0 aromatic heterocycles. The number of alkyl halides is 2. The average Bonchev–Trinajstić information content (AvgIpc) is 2.66. The smallest absolute Gasteiger partial charge is 0.387 e. The quantitative estimate of drug-likeness (QED) is 0.641. The van der Waals surface area contributed by atoms with Crippen molar-refractivity contribution in [2.24, 2.45) is 0 Å². The molecular formula is C21H25F2NO3. The van der Waals surface area contributed by atoms with Gasteiger partial charge in [0.25, 0.3) is 0 Å². The van der Waals surface area contributed by atoms with Gasteiger partial charge in [-0.1, -0.05) is 43.3 Å². The number of aryl methyl sites for hydroxylation is 1. The van der Waals surface area contributed by atoms with Gasteiger partial charge in [0.15, 0.2) is 0 Å². The highest BCUT2D eigenvalue weighted by atomic mass is 19.3. The van der Waals surface area contributed by atoms with Crippen molar-refractivity contribution in [3.8, 4) is 11.5 Å². The van der Waals surface area contributed by atoms with Crippen LogP contribution in [0.15, 0.2) is 48.5 Å². The summed E-state index contributed by atoms with van der Waals surface area (Å²) in [6.07, 6.45) is 1.37. The molecule has 0 aliphatic heterocycles. The van der Waals surface area contributed by atoms with Crippen molar-refractivity contribution in [3.63, 3.8) is 0 Å². The van der Waals surface area contributed by atoms with Crippen molar-refractivity contribution in [3.05, 3.63) is 59.7 Å². The zero-order valence-electron chi connectivity index (χ0n) is 15.6. The van der Waals surface area contributed by atoms with Crippen LogP contribution in [0.5, 0.6) is 11.5 Å². The third-order valence-corrected chi connectivity index (χ3v) is 4.15. The van der Waals surface area contributed by atoms with E-state index in [0.717, 1.165) is 11.3 Å². The predicted octanol–water partition coefficient (Wildman–Crippen LogP) is 4.89. The Morgan fingerprint density at radius 3 is 2.37 bits per heavy atom. The molecule has 2 aromatic rings. The van der Waals surface area contributed by atoms with E-state index in [2.05, 4.69) is 10.1 Å². The first-order valence-electron chi connectivity index (χ1n) is 9.08. The Kier molecular flexibility index (Phi) is 8.04. The number of ether oxygens (including phenoxy) is 2. The summed E-state index contributed by atoms with van der Waals surface area (Å²) >= 11 is 0. The number of para-hydroxylation sites is 2. The van der Waals surface area contributed by atoms with Crippen LogP contribution in [0.1, 0.15) is 43.9 Å². The Labute approximate surface area is 158 Å². The molecule has 0 saturated carbocycles. The molecule has 0 spiro atoms. The maximum atomic E-state index is 12.6. The number of carbonyl (C=O) groups is 1. The molecule has 2 rings (SSSR count). The number of carbonyl (C=O) groups excluding carboxylic acids is 1. The largest absolute Gasteiger partial charge is 0.494 e. The lowest BCUT2D eigenvalue weighted by molar-refractivity contribution is -0.121. The molecule has 0 aliphatic rings. The molecule has 0 aliphatic carbocycles. The van der Waals surface area contributed by atoms with Crippen LogP contribution in [0.25, 0.3) is 0 Å². The van der Waals surface area contributed by atoms with Gasteiger partial charge >= 0.3 is 6.61 Å². The monoisotopic (exact) mass is 377 g/mol. The van der Waals surface area contributed by atoms with Crippen LogP contribution in [0.4, 0.5) is 8.78 Å². The molecule has 1 amide bonds. The number of benzene rings is 2. The van der Waals surface area contributed by atoms with Gasteiger partial charge in [0, 0.05) is 12.0 Å². The van der Waals surface area contributed by atoms with Crippen LogP contribution >= 0.6 is 0 Å². The summed E-state index contributed by atoms with van der Waals surface area (Å²) in [7, 11) is 0. The third kappa shape index (κ3) is 6.24. The summed E-state index contributed by atoms with van der Waals surface area (Å²) in [5.41, 5.74) is 1.51. The third-order valence-electron chi connectivity index (χ3n) is 4.15. The Balaban J connectivity index is 2.02. The Morgan fingerprint density at radius 2 is 1.70 bits per heavy atom. The van der Waals surface area contributed by atoms with E-state index in [1.54, 1.807) is 18.2 Å². The van der Waals surface area contributed by atoms with Crippen molar-refractivity contribution in [1.29, 1.82) is 0 Å². The van der Waals surface area contributed by atoms with E-state index in [4.69, 9.17) is 4.74 Å². The minimum absolute atomic E-state index is 0.0846. The molecule has 27 heavy (non-hydrogen) atoms. The Morgan fingerprint density at radius 1 is 1.04 bits per heavy atom. The number of rotatable bonds is 10. The van der Waals surface area contributed by atoms with Gasteiger partial charge in [-0.15, -0.1) is 0 Å². The molecule has 1 N–H and O–H groups in total. The standard InChI is InChI=1S/C21H25F2NO3/c1-3-17(16-10-6-8-12-19(16)27-21(22)23)24-20(25)14-13-15-9-5-7-11-18(15)26-4-2/h5-12,17,21H,3-4,13-14H2,1-2H3,(H,24,25). The van der Waals surface area contributed by atoms with Gasteiger partial charge in [-0.25, -0.2) is 0 Å². The molecule has 0 radical (unpaired) electrons. The summed E-state index contributed by atoms with van der Waals surface area (Å²) in [5, 5.41) is 2.91. The summed E-state index contributed by atoms with van der Waals surface area (Å²) in [5.74, 6) is 0.705. The molecular weight excluding hydrogens is 352 g/mol. The number of halogens is 2. The van der Waals surface area contributed by atoms with Gasteiger partial charge in [0.1, 0.15) is 11.5 Å². The summed E-state index contributed by atoms with van der Waals surface area (Å²) in [6.45, 7) is 1.44. The SMILES string of the molecule is CCOc1ccccc1CCC(=O)NC(CC)c1ccccc1OC(F)F. The maximum absolute atomic E-state index is 12.6. The molecule has 0 heterocycles. The first-order chi connectivity index (χ1) is 13.0. The van der Waals surface area contributed by atoms with Crippen molar-refractivity contribution in [2.75, 3.05) is 6.61 Å². The molecule has 0 fully saturated rings. The van der Waals surface area contributed by atoms with Crippen LogP contribution in [0, 0.1) is 0 Å². The number of hydrogen-bond donors (Lipinski definition) is 1. The van der Waals surface area contributed by atoms with Crippen molar-refractivity contribution in [1.82, 2.24) is 5.32 Å². The summed E-state index contributed by atoms with van der Waals surface area (Å²) in [4.78, 5) is 12.4. The van der Waals surface area contributed by atoms with E-state index < -0.39 is 12.7 Å². The topological polar surface area (TPSA) is 47.6 Å². The van der Waals surface area contributed by atoms with Crippen LogP contribution < -0.4 is 14.8 Å². The van der Waals surface area contributed by atoms with Gasteiger partial charge < -0.3 is 14.8 Å². The molecule has 1 unspecified atom stereocenters. The van der Waals surface area contributed by atoms with E-state index in [-0.39, 0.29) is 18.1 Å². The van der Waals surface area contributed by atoms with E-state index >= 15 is 0 Å². The van der Waals surface area contributed by atoms with Crippen LogP contribution in [0.2, 0.25) is 0 Å². The number of nitrogens with one attached hydrogen (secondary N) is 1. The predicted molar refractivity (Wildman–Crippen MR) is 100 cm³/mol. The first kappa shape index (κ1) is 20.7. The molecule has 6 heteroatoms. The van der Waals surface area contributed by atoms with Gasteiger partial charge in [-0.3, -0.25) is 4.79 Å². The molecule has 146 valence electrons. The second-order valence-electron chi connectivity index (χ2n) is 5.99. The van der Waals surface area contributed by atoms with Crippen molar-refractivity contribution >= 4 is 5.91 Å². The minimum Gasteiger partial charge on any atom is -0.494 e. The molecule has 1 atom stereocenters. The van der Waals surface area contributed by atoms with Crippen LogP contribution in [-0.2, 0) is 11.2 Å². The van der Waals surface area contributed by atoms with E-state index in [9.17, 15) is 13.6 Å². The zero-order chi connectivity index (χ0) is 19.6. The highest BCUT2D eigenvalue weighted by molar-refractivity contribution is 5.77. The van der Waals surface area contributed by atoms with E-state index in [0.29, 0.717) is 25.0 Å². The highest BCUT2D eigenvalue weighted by Gasteiger charge is 2.19. The van der Waals surface area contributed by atoms with Crippen molar-refractivity contribution in [2.45, 2.75) is 45.8 Å². The normalized spacial score (nSPS) is 11.9. The first-order valence-corrected chi connectivity index (χ1v) is 9.08. The summed E-state index contributed by atoms with van der Waals surface area (Å²) < 4.78 is 35.4. The average molecular weight is 377 g/mol. The fraction of sp³-hybridized carbons (Fsp3) is 0.381. The lowest BCUT2D eigenvalue weighted by Crippen LogP contribution is -2.28. The number of hydrogen-bond acceptors (Lipinski definition) is 3. The van der Waals surface area contributed by atoms with Gasteiger partial charge in [-0.2, -0.15) is 8.78 Å². The maximum Gasteiger partial charge on any atom is 0.387 e. The van der Waals surface area contributed by atoms with Crippen LogP contribution in [-0.4, -0.2) is 19.1 Å². The van der Waals surface area contributed by atoms with Gasteiger partial charge in [-0.05, 0) is 37.5 Å². The Bertz CT molecular complexity index is 737. The number of amides is 1. The van der Waals surface area contributed by atoms with Crippen molar-refractivity contribution < 1.29 is 23.0 Å². The second kappa shape index (κ2) is 10.5. The highest BCUT2D eigenvalue weighted by Crippen LogP contribution is 2.28. The lowest BCUT2D eigenvalue weighted by Gasteiger charge is -2.20. The van der Waals surface area contributed by atoms with Gasteiger partial charge in [0.2, 0.25) is 5.91 Å². The Hall–Kier alpha value is -2.63. The lowest BCUT2D eigenvalue weighted by atomic mass is 10.0. The van der Waals surface area contributed by atoms with Crippen LogP contribution in [0.3, 0.4) is 0 Å². The van der Waals surface area contributed by atoms with E-state index in [1.165, 1.54) is 6.07 Å².